The molecule has 34 heavy (non-hydrogen) atoms. The molecule has 0 aliphatic carbocycles. The van der Waals surface area contributed by atoms with E-state index in [0.717, 1.165) is 5.56 Å². The molecule has 5 N–H and O–H groups in total. The smallest absolute Gasteiger partial charge is 0.267 e. The van der Waals surface area contributed by atoms with Crippen molar-refractivity contribution in [3.8, 4) is 22.6 Å². The molecule has 0 saturated heterocycles. The standard InChI is InChI=1S/C26H21FN4O3/c27-19-7-11-21(12-8-19)34-20-9-5-16(6-10-20)18-13-23(26(29)33)31-25(15-18)30-22-4-2-1-3-17(22)14-24(28)32/h1-13,15H,14H2,(H2,28,32)(H2,29,33)(H,30,31). The Hall–Kier alpha value is -4.72. The first-order chi connectivity index (χ1) is 16.4. The first kappa shape index (κ1) is 22.5. The largest absolute Gasteiger partial charge is 0.457 e. The van der Waals surface area contributed by atoms with Crippen LogP contribution in [0, 0.1) is 5.82 Å². The molecule has 4 rings (SSSR count). The van der Waals surface area contributed by atoms with Crippen LogP contribution in [-0.2, 0) is 11.2 Å². The van der Waals surface area contributed by atoms with E-state index in [1.165, 1.54) is 12.1 Å². The molecule has 0 fully saturated rings. The molecule has 0 bridgehead atoms. The third-order valence-electron chi connectivity index (χ3n) is 4.96. The first-order valence-electron chi connectivity index (χ1n) is 10.4. The van der Waals surface area contributed by atoms with E-state index in [-0.39, 0.29) is 17.9 Å². The van der Waals surface area contributed by atoms with Gasteiger partial charge in [-0.25, -0.2) is 9.37 Å². The molecule has 0 aliphatic rings. The summed E-state index contributed by atoms with van der Waals surface area (Å²) >= 11 is 0. The van der Waals surface area contributed by atoms with Crippen molar-refractivity contribution in [1.82, 2.24) is 4.98 Å². The minimum absolute atomic E-state index is 0.0566. The highest BCUT2D eigenvalue weighted by molar-refractivity contribution is 5.93. The van der Waals surface area contributed by atoms with Gasteiger partial charge in [-0.3, -0.25) is 9.59 Å². The fraction of sp³-hybridized carbons (Fsp3) is 0.0385. The number of carbonyl (C=O) groups excluding carboxylic acids is 2. The highest BCUT2D eigenvalue weighted by Crippen LogP contribution is 2.29. The van der Waals surface area contributed by atoms with Crippen molar-refractivity contribution in [2.75, 3.05) is 5.32 Å². The summed E-state index contributed by atoms with van der Waals surface area (Å²) in [6.45, 7) is 0. The van der Waals surface area contributed by atoms with Gasteiger partial charge in [0.25, 0.3) is 5.91 Å². The summed E-state index contributed by atoms with van der Waals surface area (Å²) in [7, 11) is 0. The zero-order valence-corrected chi connectivity index (χ0v) is 18.0. The van der Waals surface area contributed by atoms with Gasteiger partial charge in [0, 0.05) is 5.69 Å². The number of benzene rings is 3. The Morgan fingerprint density at radius 3 is 2.15 bits per heavy atom. The second-order valence-corrected chi connectivity index (χ2v) is 7.50. The number of primary amides is 2. The summed E-state index contributed by atoms with van der Waals surface area (Å²) in [5, 5.41) is 3.15. The fourth-order valence-corrected chi connectivity index (χ4v) is 3.36. The van der Waals surface area contributed by atoms with Crippen LogP contribution in [0.5, 0.6) is 11.5 Å². The van der Waals surface area contributed by atoms with Gasteiger partial charge < -0.3 is 21.5 Å². The summed E-state index contributed by atoms with van der Waals surface area (Å²) in [6.07, 6.45) is 0.0566. The van der Waals surface area contributed by atoms with Gasteiger partial charge in [0.15, 0.2) is 0 Å². The van der Waals surface area contributed by atoms with E-state index in [0.29, 0.717) is 34.1 Å². The zero-order chi connectivity index (χ0) is 24.1. The van der Waals surface area contributed by atoms with E-state index in [1.54, 1.807) is 54.6 Å². The number of ether oxygens (including phenoxy) is 1. The van der Waals surface area contributed by atoms with Crippen molar-refractivity contribution in [3.63, 3.8) is 0 Å². The summed E-state index contributed by atoms with van der Waals surface area (Å²) in [5.74, 6) is -0.0149. The van der Waals surface area contributed by atoms with Crippen LogP contribution in [-0.4, -0.2) is 16.8 Å². The van der Waals surface area contributed by atoms with Crippen molar-refractivity contribution in [1.29, 1.82) is 0 Å². The summed E-state index contributed by atoms with van der Waals surface area (Å²) < 4.78 is 18.8. The normalized spacial score (nSPS) is 10.5. The van der Waals surface area contributed by atoms with Crippen LogP contribution in [0.2, 0.25) is 0 Å². The SMILES string of the molecule is NC(=O)Cc1ccccc1Nc1cc(-c2ccc(Oc3ccc(F)cc3)cc2)cc(C(N)=O)n1. The van der Waals surface area contributed by atoms with Crippen LogP contribution in [0.15, 0.2) is 84.9 Å². The van der Waals surface area contributed by atoms with E-state index in [1.807, 2.05) is 18.2 Å². The van der Waals surface area contributed by atoms with Gasteiger partial charge in [-0.15, -0.1) is 0 Å². The molecule has 3 aromatic carbocycles. The number of hydrogen-bond donors (Lipinski definition) is 3. The molecule has 4 aromatic rings. The van der Waals surface area contributed by atoms with Crippen LogP contribution in [0.25, 0.3) is 11.1 Å². The van der Waals surface area contributed by atoms with E-state index in [2.05, 4.69) is 10.3 Å². The molecule has 0 radical (unpaired) electrons. The molecular weight excluding hydrogens is 435 g/mol. The molecule has 0 spiro atoms. The van der Waals surface area contributed by atoms with E-state index in [4.69, 9.17) is 16.2 Å². The number of hydrogen-bond acceptors (Lipinski definition) is 5. The lowest BCUT2D eigenvalue weighted by Crippen LogP contribution is -2.15. The maximum absolute atomic E-state index is 13.1. The monoisotopic (exact) mass is 456 g/mol. The summed E-state index contributed by atoms with van der Waals surface area (Å²) in [5.41, 5.74) is 13.8. The van der Waals surface area contributed by atoms with E-state index < -0.39 is 11.8 Å². The Bertz CT molecular complexity index is 1340. The number of nitrogens with zero attached hydrogens (tertiary/aromatic N) is 1. The maximum Gasteiger partial charge on any atom is 0.267 e. The Kier molecular flexibility index (Phi) is 6.49. The zero-order valence-electron chi connectivity index (χ0n) is 18.0. The van der Waals surface area contributed by atoms with E-state index >= 15 is 0 Å². The molecule has 170 valence electrons. The average Bonchev–Trinajstić information content (AvgIpc) is 2.82. The number of rotatable bonds is 8. The van der Waals surface area contributed by atoms with Gasteiger partial charge in [-0.2, -0.15) is 0 Å². The third-order valence-corrected chi connectivity index (χ3v) is 4.96. The quantitative estimate of drug-likeness (QED) is 0.359. The lowest BCUT2D eigenvalue weighted by molar-refractivity contribution is -0.117. The van der Waals surface area contributed by atoms with Crippen molar-refractivity contribution >= 4 is 23.3 Å². The Balaban J connectivity index is 1.62. The number of carbonyl (C=O) groups is 2. The molecule has 1 aromatic heterocycles. The highest BCUT2D eigenvalue weighted by Gasteiger charge is 2.12. The fourth-order valence-electron chi connectivity index (χ4n) is 3.36. The number of anilines is 2. The van der Waals surface area contributed by atoms with Gasteiger partial charge in [0.1, 0.15) is 28.8 Å². The van der Waals surface area contributed by atoms with Gasteiger partial charge in [0.05, 0.1) is 6.42 Å². The molecule has 0 aliphatic heterocycles. The lowest BCUT2D eigenvalue weighted by Gasteiger charge is -2.13. The van der Waals surface area contributed by atoms with Gasteiger partial charge >= 0.3 is 0 Å². The number of aromatic nitrogens is 1. The molecule has 8 heteroatoms. The molecule has 7 nitrogen and oxygen atoms in total. The van der Waals surface area contributed by atoms with Gasteiger partial charge in [0.2, 0.25) is 5.91 Å². The lowest BCUT2D eigenvalue weighted by atomic mass is 10.0. The van der Waals surface area contributed by atoms with Gasteiger partial charge in [-0.05, 0) is 71.3 Å². The predicted molar refractivity (Wildman–Crippen MR) is 127 cm³/mol. The average molecular weight is 456 g/mol. The highest BCUT2D eigenvalue weighted by atomic mass is 19.1. The molecule has 1 heterocycles. The Morgan fingerprint density at radius 2 is 1.50 bits per heavy atom. The van der Waals surface area contributed by atoms with Gasteiger partial charge in [-0.1, -0.05) is 30.3 Å². The molecule has 0 unspecified atom stereocenters. The van der Waals surface area contributed by atoms with Crippen LogP contribution in [0.4, 0.5) is 15.9 Å². The second kappa shape index (κ2) is 9.83. The van der Waals surface area contributed by atoms with Crippen LogP contribution < -0.4 is 21.5 Å². The summed E-state index contributed by atoms with van der Waals surface area (Å²) in [6, 6.07) is 23.4. The number of halogens is 1. The predicted octanol–water partition coefficient (Wildman–Crippen LogP) is 4.55. The maximum atomic E-state index is 13.1. The van der Waals surface area contributed by atoms with E-state index in [9.17, 15) is 14.0 Å². The van der Waals surface area contributed by atoms with Crippen molar-refractivity contribution in [3.05, 3.63) is 102 Å². The Labute approximate surface area is 195 Å². The van der Waals surface area contributed by atoms with Crippen molar-refractivity contribution < 1.29 is 18.7 Å². The molecular formula is C26H21FN4O3. The first-order valence-corrected chi connectivity index (χ1v) is 10.4. The van der Waals surface area contributed by atoms with Crippen molar-refractivity contribution in [2.45, 2.75) is 6.42 Å². The number of nitrogens with two attached hydrogens (primary N) is 2. The number of pyridine rings is 1. The Morgan fingerprint density at radius 1 is 0.853 bits per heavy atom. The van der Waals surface area contributed by atoms with Crippen LogP contribution >= 0.6 is 0 Å². The summed E-state index contributed by atoms with van der Waals surface area (Å²) in [4.78, 5) is 27.6. The number of nitrogens with one attached hydrogen (secondary N) is 1. The third kappa shape index (κ3) is 5.55. The topological polar surface area (TPSA) is 120 Å². The minimum Gasteiger partial charge on any atom is -0.457 e. The van der Waals surface area contributed by atoms with Crippen molar-refractivity contribution in [2.24, 2.45) is 11.5 Å². The molecule has 0 atom stereocenters. The van der Waals surface area contributed by atoms with Crippen LogP contribution in [0.1, 0.15) is 16.1 Å². The number of para-hydroxylation sites is 1. The van der Waals surface area contributed by atoms with Crippen LogP contribution in [0.3, 0.4) is 0 Å². The molecule has 2 amide bonds. The molecule has 0 saturated carbocycles. The second-order valence-electron chi connectivity index (χ2n) is 7.50. The number of amides is 2. The minimum atomic E-state index is -0.674.